The van der Waals surface area contributed by atoms with Gasteiger partial charge in [0.2, 0.25) is 5.60 Å². The number of halogens is 22. The second-order valence-electron chi connectivity index (χ2n) is 12.0. The van der Waals surface area contributed by atoms with Gasteiger partial charge in [-0.05, 0) is 58.9 Å². The monoisotopic (exact) mass is 978 g/mol. The minimum atomic E-state index is -9.59. The highest BCUT2D eigenvalue weighted by Crippen LogP contribution is 2.59. The van der Waals surface area contributed by atoms with Gasteiger partial charge in [-0.3, -0.25) is 0 Å². The van der Waals surface area contributed by atoms with E-state index in [1.807, 2.05) is 0 Å². The van der Waals surface area contributed by atoms with Crippen LogP contribution >= 0.6 is 0 Å². The Morgan fingerprint density at radius 3 is 0.855 bits per heavy atom. The van der Waals surface area contributed by atoms with Gasteiger partial charge in [0.1, 0.15) is 11.2 Å². The summed E-state index contributed by atoms with van der Waals surface area (Å²) in [6.45, 7) is -4.00. The molecule has 0 saturated carbocycles. The predicted molar refractivity (Wildman–Crippen MR) is 142 cm³/mol. The third-order valence-corrected chi connectivity index (χ3v) is 12.8. The first-order valence-corrected chi connectivity index (χ1v) is 18.2. The van der Waals surface area contributed by atoms with E-state index in [0.29, 0.717) is 0 Å². The fourth-order valence-electron chi connectivity index (χ4n) is 3.56. The summed E-state index contributed by atoms with van der Waals surface area (Å²) in [4.78, 5) is 0. The van der Waals surface area contributed by atoms with Crippen molar-refractivity contribution in [3.8, 4) is 0 Å². The highest BCUT2D eigenvalue weighted by Gasteiger charge is 2.87. The summed E-state index contributed by atoms with van der Waals surface area (Å²) in [7, 11) is 0. The van der Waals surface area contributed by atoms with Crippen LogP contribution in [0.5, 0.6) is 0 Å². The van der Waals surface area contributed by atoms with Crippen molar-refractivity contribution in [1.29, 1.82) is 0 Å². The maximum absolute atomic E-state index is 13.5. The standard InChI is InChI=1S/C12H10I.C4F9O.C4H3F6O.2C4H6F3O.Al/c1-3-7-11(8-4-1)13-12-9-5-2-6-10-12;5-2(6,7)1(14,3(8,9)10)4(11,12)13;1-2(11,3(5,6)7)4(8,9)10;2*1-3(2,8)4(5,6)7;/h1-10H;;1H3;2*1-2H3;/q+1;4*-1;+3. The molecule has 0 atom stereocenters. The van der Waals surface area contributed by atoms with Gasteiger partial charge < -0.3 is 15.2 Å². The number of rotatable bonds is 10. The van der Waals surface area contributed by atoms with Crippen LogP contribution in [0.2, 0.25) is 0 Å². The van der Waals surface area contributed by atoms with Crippen molar-refractivity contribution >= 4 is 14.4 Å². The zero-order valence-corrected chi connectivity index (χ0v) is 31.1. The van der Waals surface area contributed by atoms with Crippen LogP contribution in [0.3, 0.4) is 0 Å². The molecule has 0 bridgehead atoms. The molecular formula is C28H25AlF21IO4. The van der Waals surface area contributed by atoms with Gasteiger partial charge in [-0.25, -0.2) is 0 Å². The molecule has 2 rings (SSSR count). The Balaban J connectivity index is 0.000000959. The average Bonchev–Trinajstić information content (AvgIpc) is 2.92. The molecule has 2 aromatic rings. The summed E-state index contributed by atoms with van der Waals surface area (Å²) >= 11 is -9.57. The normalized spacial score (nSPS) is 15.1. The van der Waals surface area contributed by atoms with Gasteiger partial charge in [0.15, 0.2) is 7.14 Å². The first kappa shape index (κ1) is 51.1. The summed E-state index contributed by atoms with van der Waals surface area (Å²) < 4.78 is 299. The van der Waals surface area contributed by atoms with Gasteiger partial charge >= 0.3 is 84.5 Å². The van der Waals surface area contributed by atoms with Crippen molar-refractivity contribution in [2.24, 2.45) is 0 Å². The van der Waals surface area contributed by atoms with Crippen molar-refractivity contribution in [2.75, 3.05) is 0 Å². The Hall–Kier alpha value is -1.93. The van der Waals surface area contributed by atoms with E-state index >= 15 is 0 Å². The van der Waals surface area contributed by atoms with Gasteiger partial charge in [-0.2, -0.15) is 92.2 Å². The predicted octanol–water partition coefficient (Wildman–Crippen LogP) is 8.29. The first-order chi connectivity index (χ1) is 24.0. The largest absolute Gasteiger partial charge is 0.878 e. The summed E-state index contributed by atoms with van der Waals surface area (Å²) in [5, 5.41) is 0. The Bertz CT molecular complexity index is 1400. The lowest BCUT2D eigenvalue weighted by Gasteiger charge is -2.55. The number of benzene rings is 2. The molecular weight excluding hydrogens is 953 g/mol. The van der Waals surface area contributed by atoms with Crippen LogP contribution in [0.4, 0.5) is 92.2 Å². The van der Waals surface area contributed by atoms with Gasteiger partial charge in [0.05, 0.1) is 0 Å². The van der Waals surface area contributed by atoms with Gasteiger partial charge in [0.25, 0.3) is 0 Å². The summed E-state index contributed by atoms with van der Waals surface area (Å²) in [5.41, 5.74) is -24.3. The lowest BCUT2D eigenvalue weighted by molar-refractivity contribution is -0.597. The minimum Gasteiger partial charge on any atom is -0.576 e. The van der Waals surface area contributed by atoms with E-state index in [9.17, 15) is 92.2 Å². The summed E-state index contributed by atoms with van der Waals surface area (Å²) in [6.07, 6.45) is -51.9. The Morgan fingerprint density at radius 2 is 0.636 bits per heavy atom. The Morgan fingerprint density at radius 1 is 0.364 bits per heavy atom. The van der Waals surface area contributed by atoms with E-state index in [0.717, 1.165) is 0 Å². The molecule has 2 aromatic carbocycles. The van der Waals surface area contributed by atoms with E-state index in [4.69, 9.17) is 0 Å². The zero-order chi connectivity index (χ0) is 43.8. The molecule has 0 amide bonds. The number of hydrogen-bond acceptors (Lipinski definition) is 4. The number of alkyl halides is 21. The Kier molecular flexibility index (Phi) is 15.2. The molecule has 0 radical (unpaired) electrons. The molecule has 0 heterocycles. The van der Waals surface area contributed by atoms with E-state index < -0.39 is 115 Å². The van der Waals surface area contributed by atoms with Crippen LogP contribution in [0, 0.1) is 7.14 Å². The van der Waals surface area contributed by atoms with Crippen LogP contribution in [0.15, 0.2) is 60.7 Å². The third-order valence-electron chi connectivity index (χ3n) is 6.91. The molecule has 0 unspecified atom stereocenters. The highest BCUT2D eigenvalue weighted by molar-refractivity contribution is 6.54. The summed E-state index contributed by atoms with van der Waals surface area (Å²) in [6, 6.07) is 21.4. The molecule has 318 valence electrons. The van der Waals surface area contributed by atoms with Gasteiger partial charge in [0, 0.05) is 0 Å². The van der Waals surface area contributed by atoms with Crippen LogP contribution in [0.25, 0.3) is 0 Å². The quantitative estimate of drug-likeness (QED) is 0.137. The number of hydrogen-bond donors (Lipinski definition) is 0. The van der Waals surface area contributed by atoms with E-state index in [2.05, 4.69) is 75.8 Å². The fraction of sp³-hybridized carbons (Fsp3) is 0.571. The molecule has 0 spiro atoms. The molecule has 0 saturated heterocycles. The van der Waals surface area contributed by atoms with Crippen molar-refractivity contribution in [3.63, 3.8) is 0 Å². The zero-order valence-electron chi connectivity index (χ0n) is 27.8. The smallest absolute Gasteiger partial charge is 0.576 e. The second kappa shape index (κ2) is 16.4. The van der Waals surface area contributed by atoms with Crippen molar-refractivity contribution in [1.82, 2.24) is 0 Å². The van der Waals surface area contributed by atoms with Crippen LogP contribution in [-0.4, -0.2) is 80.1 Å². The first-order valence-electron chi connectivity index (χ1n) is 14.2. The third kappa shape index (κ3) is 11.8. The van der Waals surface area contributed by atoms with E-state index in [1.54, 1.807) is 0 Å². The fourth-order valence-corrected chi connectivity index (χ4v) is 9.51. The molecule has 0 aliphatic heterocycles. The molecule has 0 fully saturated rings. The van der Waals surface area contributed by atoms with E-state index in [-0.39, 0.29) is 21.2 Å². The molecule has 0 aliphatic rings. The molecule has 0 N–H and O–H groups in total. The Labute approximate surface area is 310 Å². The average molecular weight is 978 g/mol. The molecule has 0 aliphatic carbocycles. The second-order valence-corrected chi connectivity index (χ2v) is 17.1. The highest BCUT2D eigenvalue weighted by atomic mass is 127. The lowest BCUT2D eigenvalue weighted by Crippen LogP contribution is -3.61. The maximum atomic E-state index is 13.5. The maximum Gasteiger partial charge on any atom is 0.878 e. The summed E-state index contributed by atoms with van der Waals surface area (Å²) in [5.74, 6) is 0. The van der Waals surface area contributed by atoms with Crippen LogP contribution in [0.1, 0.15) is 34.6 Å². The minimum absolute atomic E-state index is 0.0287. The molecule has 0 aromatic heterocycles. The van der Waals surface area contributed by atoms with Crippen molar-refractivity contribution in [3.05, 3.63) is 67.8 Å². The molecule has 27 heteroatoms. The SMILES string of the molecule is CC(C)([O][Al-]([O]C(C)(C)C(F)(F)F)([O]C(C)(C(F)(F)F)C(F)(F)F)[O]C(C(F)(F)F)(C(F)(F)F)C(F)(F)F)C(F)(F)F.c1ccc([I+]c2ccccc2)cc1. The van der Waals surface area contributed by atoms with Crippen molar-refractivity contribution in [2.45, 2.75) is 100 Å². The van der Waals surface area contributed by atoms with Gasteiger partial charge in [-0.15, -0.1) is 0 Å². The lowest BCUT2D eigenvalue weighted by atomic mass is 10.0. The van der Waals surface area contributed by atoms with Crippen LogP contribution in [-0.2, 0) is 15.2 Å². The molecule has 4 nitrogen and oxygen atoms in total. The van der Waals surface area contributed by atoms with Gasteiger partial charge in [-0.1, -0.05) is 36.4 Å². The van der Waals surface area contributed by atoms with Crippen molar-refractivity contribution < 1.29 is 129 Å². The van der Waals surface area contributed by atoms with E-state index in [1.165, 1.54) is 7.14 Å². The molecule has 55 heavy (non-hydrogen) atoms. The van der Waals surface area contributed by atoms with Crippen LogP contribution < -0.4 is 21.2 Å². The topological polar surface area (TPSA) is 36.9 Å².